The summed E-state index contributed by atoms with van der Waals surface area (Å²) in [5.74, 6) is -2.84. The Kier molecular flexibility index (Phi) is 2.69. The van der Waals surface area contributed by atoms with E-state index in [-0.39, 0.29) is 18.8 Å². The van der Waals surface area contributed by atoms with Crippen LogP contribution in [-0.4, -0.2) is 30.2 Å². The Balaban J connectivity index is 2.10. The van der Waals surface area contributed by atoms with Gasteiger partial charge in [-0.2, -0.15) is 26.3 Å². The number of alkyl halides is 6. The summed E-state index contributed by atoms with van der Waals surface area (Å²) in [5.41, 5.74) is -4.12. The Morgan fingerprint density at radius 2 is 1.70 bits per heavy atom. The third kappa shape index (κ3) is 1.46. The zero-order valence-corrected chi connectivity index (χ0v) is 10.2. The van der Waals surface area contributed by atoms with Gasteiger partial charge in [-0.15, -0.1) is 0 Å². The van der Waals surface area contributed by atoms with Crippen LogP contribution in [0.25, 0.3) is 0 Å². The normalized spacial score (nSPS) is 42.0. The van der Waals surface area contributed by atoms with E-state index in [0.717, 1.165) is 6.26 Å². The Labute approximate surface area is 110 Å². The second kappa shape index (κ2) is 3.84. The van der Waals surface area contributed by atoms with Crippen molar-refractivity contribution >= 4 is 0 Å². The molecule has 2 saturated carbocycles. The van der Waals surface area contributed by atoms with Crippen LogP contribution in [-0.2, 0) is 9.47 Å². The van der Waals surface area contributed by atoms with Gasteiger partial charge in [0.05, 0.1) is 12.4 Å². The zero-order valence-electron chi connectivity index (χ0n) is 10.2. The van der Waals surface area contributed by atoms with E-state index in [0.29, 0.717) is 0 Å². The van der Waals surface area contributed by atoms with Crippen molar-refractivity contribution in [3.8, 4) is 0 Å². The van der Waals surface area contributed by atoms with E-state index < -0.39 is 42.0 Å². The lowest BCUT2D eigenvalue weighted by Crippen LogP contribution is -2.62. The maximum Gasteiger partial charge on any atom is 0.426 e. The van der Waals surface area contributed by atoms with E-state index in [2.05, 4.69) is 11.3 Å². The molecular weight excluding hydrogens is 290 g/mol. The van der Waals surface area contributed by atoms with Gasteiger partial charge >= 0.3 is 12.4 Å². The van der Waals surface area contributed by atoms with Crippen molar-refractivity contribution in [1.82, 2.24) is 0 Å². The van der Waals surface area contributed by atoms with Crippen molar-refractivity contribution in [3.63, 3.8) is 0 Å². The van der Waals surface area contributed by atoms with Gasteiger partial charge in [0.25, 0.3) is 5.60 Å². The molecule has 20 heavy (non-hydrogen) atoms. The molecule has 0 amide bonds. The minimum atomic E-state index is -5.52. The maximum absolute atomic E-state index is 13.2. The monoisotopic (exact) mass is 302 g/mol. The van der Waals surface area contributed by atoms with Gasteiger partial charge in [-0.3, -0.25) is 0 Å². The predicted octanol–water partition coefficient (Wildman–Crippen LogP) is 3.43. The lowest BCUT2D eigenvalue weighted by Gasteiger charge is -2.39. The molecule has 5 unspecified atom stereocenters. The number of hydrogen-bond acceptors (Lipinski definition) is 2. The first kappa shape index (κ1) is 14.0. The standard InChI is InChI=1S/C12H12F6O2/c1-2-19-9-5-3-6-7(4-5)20-10(8(6)9,11(13,14)15)12(16,17)18/h2,5-9H,1,3-4H2. The minimum absolute atomic E-state index is 0.174. The van der Waals surface area contributed by atoms with Gasteiger partial charge in [0.1, 0.15) is 6.10 Å². The molecule has 3 rings (SSSR count). The highest BCUT2D eigenvalue weighted by Gasteiger charge is 2.85. The van der Waals surface area contributed by atoms with Crippen molar-refractivity contribution < 1.29 is 35.8 Å². The van der Waals surface area contributed by atoms with Crippen molar-refractivity contribution in [1.29, 1.82) is 0 Å². The van der Waals surface area contributed by atoms with E-state index in [4.69, 9.17) is 4.74 Å². The van der Waals surface area contributed by atoms with Crippen LogP contribution in [0, 0.1) is 17.8 Å². The average Bonchev–Trinajstić information content (AvgIpc) is 2.84. The van der Waals surface area contributed by atoms with Gasteiger partial charge in [-0.1, -0.05) is 6.58 Å². The predicted molar refractivity (Wildman–Crippen MR) is 54.5 cm³/mol. The SMILES string of the molecule is C=COC1C2CC3OC(C(F)(F)F)(C(F)(F)F)C1C3C2. The molecule has 2 nitrogen and oxygen atoms in total. The van der Waals surface area contributed by atoms with E-state index >= 15 is 0 Å². The molecule has 5 atom stereocenters. The molecule has 0 radical (unpaired) electrons. The van der Waals surface area contributed by atoms with Crippen LogP contribution in [0.4, 0.5) is 26.3 Å². The molecule has 0 aromatic rings. The Bertz CT molecular complexity index is 413. The molecule has 1 heterocycles. The van der Waals surface area contributed by atoms with Crippen LogP contribution >= 0.6 is 0 Å². The van der Waals surface area contributed by atoms with Gasteiger partial charge in [-0.25, -0.2) is 0 Å². The van der Waals surface area contributed by atoms with Crippen molar-refractivity contribution in [2.75, 3.05) is 0 Å². The van der Waals surface area contributed by atoms with Crippen LogP contribution in [0.15, 0.2) is 12.8 Å². The second-order valence-corrected chi connectivity index (χ2v) is 5.58. The maximum atomic E-state index is 13.2. The van der Waals surface area contributed by atoms with E-state index in [1.165, 1.54) is 0 Å². The van der Waals surface area contributed by atoms with Crippen LogP contribution < -0.4 is 0 Å². The van der Waals surface area contributed by atoms with Crippen molar-refractivity contribution in [3.05, 3.63) is 12.8 Å². The van der Waals surface area contributed by atoms with E-state index in [9.17, 15) is 26.3 Å². The minimum Gasteiger partial charge on any atom is -0.498 e. The van der Waals surface area contributed by atoms with Crippen LogP contribution in [0.3, 0.4) is 0 Å². The molecule has 0 aromatic heterocycles. The molecule has 3 aliphatic rings. The Hall–Kier alpha value is -0.920. The topological polar surface area (TPSA) is 18.5 Å². The van der Waals surface area contributed by atoms with Crippen molar-refractivity contribution in [2.45, 2.75) is 43.0 Å². The summed E-state index contributed by atoms with van der Waals surface area (Å²) in [6.07, 6.45) is -11.8. The van der Waals surface area contributed by atoms with E-state index in [1.54, 1.807) is 0 Å². The zero-order chi connectivity index (χ0) is 14.9. The van der Waals surface area contributed by atoms with Gasteiger partial charge in [0.15, 0.2) is 0 Å². The molecule has 114 valence electrons. The summed E-state index contributed by atoms with van der Waals surface area (Å²) < 4.78 is 88.9. The van der Waals surface area contributed by atoms with Crippen LogP contribution in [0.2, 0.25) is 0 Å². The molecule has 0 N–H and O–H groups in total. The van der Waals surface area contributed by atoms with E-state index in [1.807, 2.05) is 0 Å². The largest absolute Gasteiger partial charge is 0.498 e. The van der Waals surface area contributed by atoms with Gasteiger partial charge in [-0.05, 0) is 24.7 Å². The highest BCUT2D eigenvalue weighted by Crippen LogP contribution is 2.68. The highest BCUT2D eigenvalue weighted by molar-refractivity contribution is 5.20. The fourth-order valence-electron chi connectivity index (χ4n) is 4.22. The molecule has 2 aliphatic carbocycles. The molecular formula is C12H12F6O2. The first-order valence-electron chi connectivity index (χ1n) is 6.21. The molecule has 0 spiro atoms. The summed E-state index contributed by atoms with van der Waals surface area (Å²) in [5, 5.41) is 0. The second-order valence-electron chi connectivity index (χ2n) is 5.58. The first-order valence-corrected chi connectivity index (χ1v) is 6.21. The number of rotatable bonds is 2. The fraction of sp³-hybridized carbons (Fsp3) is 0.833. The van der Waals surface area contributed by atoms with Crippen LogP contribution in [0.1, 0.15) is 12.8 Å². The smallest absolute Gasteiger partial charge is 0.426 e. The summed E-state index contributed by atoms with van der Waals surface area (Å²) >= 11 is 0. The number of ether oxygens (including phenoxy) is 2. The molecule has 8 heteroatoms. The van der Waals surface area contributed by atoms with Gasteiger partial charge < -0.3 is 9.47 Å². The lowest BCUT2D eigenvalue weighted by molar-refractivity contribution is -0.387. The Morgan fingerprint density at radius 1 is 1.10 bits per heavy atom. The molecule has 1 saturated heterocycles. The summed E-state index contributed by atoms with van der Waals surface area (Å²) in [4.78, 5) is 0. The molecule has 1 aliphatic heterocycles. The van der Waals surface area contributed by atoms with Crippen molar-refractivity contribution in [2.24, 2.45) is 17.8 Å². The summed E-state index contributed by atoms with van der Waals surface area (Å²) in [6, 6.07) is 0. The quantitative estimate of drug-likeness (QED) is 0.575. The van der Waals surface area contributed by atoms with Crippen LogP contribution in [0.5, 0.6) is 0 Å². The third-order valence-electron chi connectivity index (χ3n) is 4.77. The number of halogens is 6. The fourth-order valence-corrected chi connectivity index (χ4v) is 4.22. The molecule has 3 fully saturated rings. The van der Waals surface area contributed by atoms with Gasteiger partial charge in [0.2, 0.25) is 0 Å². The lowest BCUT2D eigenvalue weighted by atomic mass is 9.76. The third-order valence-corrected chi connectivity index (χ3v) is 4.77. The van der Waals surface area contributed by atoms with Gasteiger partial charge in [0, 0.05) is 5.92 Å². The number of hydrogen-bond donors (Lipinski definition) is 0. The molecule has 2 bridgehead atoms. The Morgan fingerprint density at radius 3 is 2.20 bits per heavy atom. The first-order chi connectivity index (χ1) is 9.13. The summed E-state index contributed by atoms with van der Waals surface area (Å²) in [7, 11) is 0. The summed E-state index contributed by atoms with van der Waals surface area (Å²) in [6.45, 7) is 3.24. The molecule has 0 aromatic carbocycles. The average molecular weight is 302 g/mol. The number of fused-ring (bicyclic) bond motifs is 1. The highest BCUT2D eigenvalue weighted by atomic mass is 19.4.